The van der Waals surface area contributed by atoms with Crippen LogP contribution in [-0.2, 0) is 17.6 Å². The average molecular weight is 350 g/mol. The highest BCUT2D eigenvalue weighted by Gasteiger charge is 2.25. The molecule has 0 aromatic heterocycles. The minimum atomic E-state index is 0.0360. The van der Waals surface area contributed by atoms with Gasteiger partial charge in [0.25, 0.3) is 0 Å². The standard InChI is InChI=1S/C18H17Cl2NO2/c1-23-16-6-2-4-13-5-3-9-21(18(13)16)17(22)11-12-7-8-14(19)15(20)10-12/h2,4,6-8,10H,3,5,9,11H2,1H3. The van der Waals surface area contributed by atoms with Gasteiger partial charge in [-0.25, -0.2) is 0 Å². The highest BCUT2D eigenvalue weighted by Crippen LogP contribution is 2.36. The van der Waals surface area contributed by atoms with E-state index < -0.39 is 0 Å². The maximum atomic E-state index is 12.8. The molecule has 1 aliphatic rings. The molecule has 1 heterocycles. The molecule has 0 unspecified atom stereocenters. The van der Waals surface area contributed by atoms with Gasteiger partial charge in [0, 0.05) is 6.54 Å². The van der Waals surface area contributed by atoms with Gasteiger partial charge in [-0.3, -0.25) is 4.79 Å². The monoisotopic (exact) mass is 349 g/mol. The first-order valence-electron chi connectivity index (χ1n) is 7.50. The maximum Gasteiger partial charge on any atom is 0.231 e. The predicted octanol–water partition coefficient (Wildman–Crippen LogP) is 4.52. The van der Waals surface area contributed by atoms with Gasteiger partial charge in [-0.2, -0.15) is 0 Å². The first-order valence-corrected chi connectivity index (χ1v) is 8.26. The molecule has 1 aliphatic heterocycles. The predicted molar refractivity (Wildman–Crippen MR) is 93.8 cm³/mol. The Balaban J connectivity index is 1.88. The van der Waals surface area contributed by atoms with Crippen molar-refractivity contribution < 1.29 is 9.53 Å². The van der Waals surface area contributed by atoms with E-state index >= 15 is 0 Å². The van der Waals surface area contributed by atoms with Crippen LogP contribution < -0.4 is 9.64 Å². The van der Waals surface area contributed by atoms with Gasteiger partial charge >= 0.3 is 0 Å². The summed E-state index contributed by atoms with van der Waals surface area (Å²) in [5.74, 6) is 0.776. The van der Waals surface area contributed by atoms with Crippen LogP contribution in [0.2, 0.25) is 10.0 Å². The number of rotatable bonds is 3. The molecule has 3 rings (SSSR count). The van der Waals surface area contributed by atoms with E-state index in [1.165, 1.54) is 0 Å². The molecule has 3 nitrogen and oxygen atoms in total. The molecular formula is C18H17Cl2NO2. The number of hydrogen-bond acceptors (Lipinski definition) is 2. The summed E-state index contributed by atoms with van der Waals surface area (Å²) in [6.45, 7) is 0.702. The van der Waals surface area contributed by atoms with Crippen molar-refractivity contribution in [3.8, 4) is 5.75 Å². The van der Waals surface area contributed by atoms with Crippen LogP contribution in [0.25, 0.3) is 0 Å². The summed E-state index contributed by atoms with van der Waals surface area (Å²) in [6.07, 6.45) is 2.20. The first kappa shape index (κ1) is 16.2. The van der Waals surface area contributed by atoms with Crippen molar-refractivity contribution in [3.05, 3.63) is 57.6 Å². The Kier molecular flexibility index (Phi) is 4.79. The Hall–Kier alpha value is -1.71. The van der Waals surface area contributed by atoms with Crippen LogP contribution in [0.15, 0.2) is 36.4 Å². The van der Waals surface area contributed by atoms with Crippen LogP contribution in [-0.4, -0.2) is 19.6 Å². The Labute approximate surface area is 145 Å². The summed E-state index contributed by atoms with van der Waals surface area (Å²) in [7, 11) is 1.63. The Morgan fingerprint density at radius 1 is 1.22 bits per heavy atom. The summed E-state index contributed by atoms with van der Waals surface area (Å²) >= 11 is 12.0. The van der Waals surface area contributed by atoms with Crippen LogP contribution in [0.3, 0.4) is 0 Å². The maximum absolute atomic E-state index is 12.8. The van der Waals surface area contributed by atoms with E-state index in [1.54, 1.807) is 19.2 Å². The number of carbonyl (C=O) groups excluding carboxylic acids is 1. The van der Waals surface area contributed by atoms with E-state index in [9.17, 15) is 4.79 Å². The zero-order chi connectivity index (χ0) is 16.4. The van der Waals surface area contributed by atoms with Crippen LogP contribution in [0.1, 0.15) is 17.5 Å². The fourth-order valence-corrected chi connectivity index (χ4v) is 3.27. The molecule has 23 heavy (non-hydrogen) atoms. The lowest BCUT2D eigenvalue weighted by molar-refractivity contribution is -0.118. The normalized spacial score (nSPS) is 13.6. The zero-order valence-corrected chi connectivity index (χ0v) is 14.3. The number of anilines is 1. The Morgan fingerprint density at radius 2 is 2.04 bits per heavy atom. The highest BCUT2D eigenvalue weighted by atomic mass is 35.5. The zero-order valence-electron chi connectivity index (χ0n) is 12.8. The van der Waals surface area contributed by atoms with Gasteiger partial charge in [-0.15, -0.1) is 0 Å². The molecular weight excluding hydrogens is 333 g/mol. The fraction of sp³-hybridized carbons (Fsp3) is 0.278. The van der Waals surface area contributed by atoms with E-state index in [1.807, 2.05) is 23.1 Å². The van der Waals surface area contributed by atoms with Gasteiger partial charge in [0.2, 0.25) is 5.91 Å². The highest BCUT2D eigenvalue weighted by molar-refractivity contribution is 6.42. The van der Waals surface area contributed by atoms with Crippen molar-refractivity contribution in [1.82, 2.24) is 0 Å². The second kappa shape index (κ2) is 6.81. The summed E-state index contributed by atoms with van der Waals surface area (Å²) in [5.41, 5.74) is 2.90. The van der Waals surface area contributed by atoms with Crippen molar-refractivity contribution >= 4 is 34.8 Å². The number of halogens is 2. The minimum Gasteiger partial charge on any atom is -0.495 e. The molecule has 0 atom stereocenters. The molecule has 0 aliphatic carbocycles. The van der Waals surface area contributed by atoms with E-state index in [-0.39, 0.29) is 12.3 Å². The third-order valence-corrected chi connectivity index (χ3v) is 4.78. The van der Waals surface area contributed by atoms with E-state index in [2.05, 4.69) is 6.07 Å². The number of para-hydroxylation sites is 1. The largest absolute Gasteiger partial charge is 0.495 e. The van der Waals surface area contributed by atoms with Crippen molar-refractivity contribution in [2.24, 2.45) is 0 Å². The van der Waals surface area contributed by atoms with E-state index in [0.717, 1.165) is 35.4 Å². The van der Waals surface area contributed by atoms with Gasteiger partial charge in [0.1, 0.15) is 5.75 Å². The van der Waals surface area contributed by atoms with Crippen LogP contribution >= 0.6 is 23.2 Å². The number of carbonyl (C=O) groups is 1. The summed E-state index contributed by atoms with van der Waals surface area (Å²) in [4.78, 5) is 14.6. The molecule has 5 heteroatoms. The van der Waals surface area contributed by atoms with Crippen LogP contribution in [0, 0.1) is 0 Å². The van der Waals surface area contributed by atoms with Gasteiger partial charge in [-0.1, -0.05) is 41.4 Å². The molecule has 0 radical (unpaired) electrons. The number of fused-ring (bicyclic) bond motifs is 1. The minimum absolute atomic E-state index is 0.0360. The lowest BCUT2D eigenvalue weighted by Gasteiger charge is -2.31. The fourth-order valence-electron chi connectivity index (χ4n) is 2.95. The quantitative estimate of drug-likeness (QED) is 0.814. The molecule has 0 saturated carbocycles. The number of hydrogen-bond donors (Lipinski definition) is 0. The number of aryl methyl sites for hydroxylation is 1. The van der Waals surface area contributed by atoms with Gasteiger partial charge in [0.15, 0.2) is 0 Å². The molecule has 120 valence electrons. The molecule has 2 aromatic carbocycles. The lowest BCUT2D eigenvalue weighted by Crippen LogP contribution is -2.36. The second-order valence-electron chi connectivity index (χ2n) is 5.54. The van der Waals surface area contributed by atoms with E-state index in [4.69, 9.17) is 27.9 Å². The first-order chi connectivity index (χ1) is 11.1. The van der Waals surface area contributed by atoms with Crippen molar-refractivity contribution in [3.63, 3.8) is 0 Å². The molecule has 0 fully saturated rings. The summed E-state index contributed by atoms with van der Waals surface area (Å²) < 4.78 is 5.45. The molecule has 0 spiro atoms. The van der Waals surface area contributed by atoms with Crippen LogP contribution in [0.5, 0.6) is 5.75 Å². The summed E-state index contributed by atoms with van der Waals surface area (Å²) in [6, 6.07) is 11.2. The SMILES string of the molecule is COc1cccc2c1N(C(=O)Cc1ccc(Cl)c(Cl)c1)CCC2. The summed E-state index contributed by atoms with van der Waals surface area (Å²) in [5, 5.41) is 0.960. The number of nitrogens with zero attached hydrogens (tertiary/aromatic N) is 1. The molecule has 0 N–H and O–H groups in total. The third kappa shape index (κ3) is 3.31. The molecule has 2 aromatic rings. The van der Waals surface area contributed by atoms with Crippen molar-refractivity contribution in [1.29, 1.82) is 0 Å². The molecule has 0 bridgehead atoms. The van der Waals surface area contributed by atoms with Gasteiger partial charge in [0.05, 0.1) is 29.3 Å². The van der Waals surface area contributed by atoms with Crippen molar-refractivity contribution in [2.75, 3.05) is 18.6 Å². The smallest absolute Gasteiger partial charge is 0.231 e. The molecule has 0 saturated heterocycles. The number of amides is 1. The van der Waals surface area contributed by atoms with Gasteiger partial charge < -0.3 is 9.64 Å². The van der Waals surface area contributed by atoms with Crippen LogP contribution in [0.4, 0.5) is 5.69 Å². The van der Waals surface area contributed by atoms with Crippen molar-refractivity contribution in [2.45, 2.75) is 19.3 Å². The number of benzene rings is 2. The van der Waals surface area contributed by atoms with E-state index in [0.29, 0.717) is 16.6 Å². The van der Waals surface area contributed by atoms with Gasteiger partial charge in [-0.05, 0) is 42.2 Å². The number of ether oxygens (including phenoxy) is 1. The average Bonchev–Trinajstić information content (AvgIpc) is 2.57. The Bertz CT molecular complexity index is 732. The third-order valence-electron chi connectivity index (χ3n) is 4.04. The number of methoxy groups -OCH3 is 1. The topological polar surface area (TPSA) is 29.5 Å². The Morgan fingerprint density at radius 3 is 2.78 bits per heavy atom. The lowest BCUT2D eigenvalue weighted by atomic mass is 10.00. The molecule has 1 amide bonds. The second-order valence-corrected chi connectivity index (χ2v) is 6.36.